The van der Waals surface area contributed by atoms with Crippen molar-refractivity contribution in [3.8, 4) is 0 Å². The summed E-state index contributed by atoms with van der Waals surface area (Å²) >= 11 is 9.14. The van der Waals surface area contributed by atoms with Gasteiger partial charge >= 0.3 is 0 Å². The highest BCUT2D eigenvalue weighted by Crippen LogP contribution is 2.24. The maximum Gasteiger partial charge on any atom is 0.214 e. The van der Waals surface area contributed by atoms with Crippen LogP contribution in [0.25, 0.3) is 0 Å². The molecule has 0 fully saturated rings. The van der Waals surface area contributed by atoms with Crippen LogP contribution in [0.5, 0.6) is 0 Å². The molecule has 11 heteroatoms. The van der Waals surface area contributed by atoms with Gasteiger partial charge in [-0.3, -0.25) is 9.59 Å². The molecule has 0 aliphatic carbocycles. The second kappa shape index (κ2) is 15.2. The van der Waals surface area contributed by atoms with Crippen LogP contribution in [-0.4, -0.2) is 84.0 Å². The molecule has 2 aromatic carbocycles. The Kier molecular flexibility index (Phi) is 12.4. The number of isothiocyanates is 2. The lowest BCUT2D eigenvalue weighted by molar-refractivity contribution is -0.0346. The van der Waals surface area contributed by atoms with Crippen LogP contribution in [0, 0.1) is 0 Å². The van der Waals surface area contributed by atoms with E-state index >= 15 is 0 Å². The molecule has 2 aromatic rings. The van der Waals surface area contributed by atoms with E-state index < -0.39 is 23.8 Å². The van der Waals surface area contributed by atoms with Crippen molar-refractivity contribution in [1.82, 2.24) is 0 Å². The van der Waals surface area contributed by atoms with E-state index in [1.807, 2.05) is 0 Å². The normalized spacial score (nSPS) is 12.2. The van der Waals surface area contributed by atoms with Crippen LogP contribution >= 0.6 is 24.4 Å². The number of hydrogen-bond donors (Lipinski definition) is 2. The van der Waals surface area contributed by atoms with Gasteiger partial charge in [0.15, 0.2) is 0 Å². The van der Waals surface area contributed by atoms with E-state index in [4.69, 9.17) is 19.3 Å². The summed E-state index contributed by atoms with van der Waals surface area (Å²) in [4.78, 5) is 34.2. The van der Waals surface area contributed by atoms with Crippen LogP contribution in [0.2, 0.25) is 0 Å². The van der Waals surface area contributed by atoms with Gasteiger partial charge in [0.2, 0.25) is 17.2 Å². The Morgan fingerprint density at radius 1 is 0.743 bits per heavy atom. The van der Waals surface area contributed by atoms with E-state index in [2.05, 4.69) is 44.7 Å². The third kappa shape index (κ3) is 8.72. The number of Topliss-reactive ketones (excluding diaryl/α,β-unsaturated/α-hetero) is 2. The van der Waals surface area contributed by atoms with Gasteiger partial charge in [-0.2, -0.15) is 9.98 Å². The smallest absolute Gasteiger partial charge is 0.214 e. The fraction of sp³-hybridized carbons (Fsp3) is 0.333. The number of ketones is 2. The Bertz CT molecular complexity index is 1000. The molecule has 0 amide bonds. The molecule has 0 aliphatic heterocycles. The summed E-state index contributed by atoms with van der Waals surface area (Å²) in [7, 11) is 0. The summed E-state index contributed by atoms with van der Waals surface area (Å²) < 4.78 is 15.9. The lowest BCUT2D eigenvalue weighted by Crippen LogP contribution is -2.51. The van der Waals surface area contributed by atoms with Gasteiger partial charge < -0.3 is 24.4 Å². The number of rotatable bonds is 16. The molecule has 0 unspecified atom stereocenters. The molecule has 0 bridgehead atoms. The standard InChI is InChI=1S/C24H24N2O7S2/c27-9-10-31-11-12-32-13-14-33-15-24(30,22(28)18-1-5-20(6-2-18)25-16-34)23(29)19-3-7-21(8-4-19)26-17-35/h1-8,27,30H,9-15H2. The second-order valence-corrected chi connectivity index (χ2v) is 7.38. The Hall–Kier alpha value is -2.82. The Morgan fingerprint density at radius 3 is 1.54 bits per heavy atom. The summed E-state index contributed by atoms with van der Waals surface area (Å²) in [5, 5.41) is 24.4. The molecule has 0 spiro atoms. The number of nitrogens with zero attached hydrogens (tertiary/aromatic N) is 2. The second-order valence-electron chi connectivity index (χ2n) is 7.02. The Labute approximate surface area is 213 Å². The molecule has 0 heterocycles. The predicted octanol–water partition coefficient (Wildman–Crippen LogP) is 2.99. The van der Waals surface area contributed by atoms with Crippen LogP contribution in [-0.2, 0) is 14.2 Å². The van der Waals surface area contributed by atoms with Gasteiger partial charge in [0, 0.05) is 11.1 Å². The SMILES string of the molecule is O=C(c1ccc(N=C=S)cc1)C(O)(COCCOCCOCCO)C(=O)c1ccc(N=C=S)cc1. The highest BCUT2D eigenvalue weighted by atomic mass is 32.1. The number of aliphatic imine (C=N–C) groups is 2. The first-order valence-corrected chi connectivity index (χ1v) is 11.3. The minimum absolute atomic E-state index is 0.0213. The third-order valence-electron chi connectivity index (χ3n) is 4.65. The molecule has 0 saturated heterocycles. The van der Waals surface area contributed by atoms with Crippen molar-refractivity contribution in [2.24, 2.45) is 9.98 Å². The molecule has 9 nitrogen and oxygen atoms in total. The Balaban J connectivity index is 2.15. The zero-order chi connectivity index (χ0) is 25.5. The molecule has 0 saturated carbocycles. The molecule has 2 N–H and O–H groups in total. The van der Waals surface area contributed by atoms with Gasteiger partial charge in [-0.1, -0.05) is 0 Å². The summed E-state index contributed by atoms with van der Waals surface area (Å²) in [5.74, 6) is -1.67. The summed E-state index contributed by atoms with van der Waals surface area (Å²) in [6, 6.07) is 11.8. The minimum Gasteiger partial charge on any atom is -0.394 e. The van der Waals surface area contributed by atoms with Gasteiger partial charge in [-0.15, -0.1) is 0 Å². The molecular formula is C24H24N2O7S2. The number of carbonyl (C=O) groups excluding carboxylic acids is 2. The average molecular weight is 517 g/mol. The van der Waals surface area contributed by atoms with Crippen LogP contribution in [0.4, 0.5) is 11.4 Å². The first kappa shape index (κ1) is 28.4. The van der Waals surface area contributed by atoms with Crippen molar-refractivity contribution in [1.29, 1.82) is 0 Å². The minimum atomic E-state index is -2.49. The highest BCUT2D eigenvalue weighted by Gasteiger charge is 2.45. The van der Waals surface area contributed by atoms with Crippen molar-refractivity contribution >= 4 is 57.7 Å². The van der Waals surface area contributed by atoms with Crippen LogP contribution in [0.15, 0.2) is 58.5 Å². The maximum absolute atomic E-state index is 13.3. The monoisotopic (exact) mass is 516 g/mol. The maximum atomic E-state index is 13.3. The number of carbonyl (C=O) groups is 2. The fourth-order valence-electron chi connectivity index (χ4n) is 2.92. The summed E-state index contributed by atoms with van der Waals surface area (Å²) in [6.45, 7) is 0.299. The topological polar surface area (TPSA) is 127 Å². The van der Waals surface area contributed by atoms with Crippen molar-refractivity contribution in [3.05, 3.63) is 59.7 Å². The Morgan fingerprint density at radius 2 is 1.14 bits per heavy atom. The number of hydrogen-bond acceptors (Lipinski definition) is 11. The van der Waals surface area contributed by atoms with Gasteiger partial charge in [0.1, 0.15) is 0 Å². The van der Waals surface area contributed by atoms with E-state index in [1.165, 1.54) is 48.5 Å². The van der Waals surface area contributed by atoms with E-state index in [1.54, 1.807) is 0 Å². The zero-order valence-corrected chi connectivity index (χ0v) is 20.3. The molecular weight excluding hydrogens is 492 g/mol. The summed E-state index contributed by atoms with van der Waals surface area (Å²) in [5.41, 5.74) is -1.37. The first-order chi connectivity index (χ1) is 17.0. The van der Waals surface area contributed by atoms with Gasteiger partial charge in [-0.05, 0) is 73.0 Å². The van der Waals surface area contributed by atoms with Crippen molar-refractivity contribution in [2.75, 3.05) is 46.2 Å². The van der Waals surface area contributed by atoms with Gasteiger partial charge in [0.25, 0.3) is 0 Å². The molecule has 0 aliphatic rings. The largest absolute Gasteiger partial charge is 0.394 e. The van der Waals surface area contributed by atoms with E-state index in [9.17, 15) is 14.7 Å². The highest BCUT2D eigenvalue weighted by molar-refractivity contribution is 7.78. The number of benzene rings is 2. The number of thiocarbonyl (C=S) groups is 2. The molecule has 2 rings (SSSR count). The van der Waals surface area contributed by atoms with Crippen molar-refractivity contribution in [2.45, 2.75) is 5.60 Å². The van der Waals surface area contributed by atoms with Crippen LogP contribution in [0.3, 0.4) is 0 Å². The fourth-order valence-corrected chi connectivity index (χ4v) is 3.13. The number of ether oxygens (including phenoxy) is 3. The van der Waals surface area contributed by atoms with E-state index in [0.29, 0.717) is 18.0 Å². The van der Waals surface area contributed by atoms with Crippen LogP contribution in [0.1, 0.15) is 20.7 Å². The van der Waals surface area contributed by atoms with Gasteiger partial charge in [-0.25, -0.2) is 0 Å². The first-order valence-electron chi connectivity index (χ1n) is 10.5. The van der Waals surface area contributed by atoms with Crippen molar-refractivity contribution < 1.29 is 34.0 Å². The number of aliphatic hydroxyl groups is 2. The molecule has 0 atom stereocenters. The van der Waals surface area contributed by atoms with Gasteiger partial charge in [0.05, 0.1) is 67.9 Å². The molecule has 184 valence electrons. The third-order valence-corrected chi connectivity index (χ3v) is 4.83. The molecule has 0 aromatic heterocycles. The molecule has 35 heavy (non-hydrogen) atoms. The zero-order valence-electron chi connectivity index (χ0n) is 18.7. The van der Waals surface area contributed by atoms with Crippen LogP contribution < -0.4 is 0 Å². The summed E-state index contributed by atoms with van der Waals surface area (Å²) in [6.07, 6.45) is 0. The lowest BCUT2D eigenvalue weighted by atomic mass is 9.86. The molecule has 0 radical (unpaired) electrons. The van der Waals surface area contributed by atoms with E-state index in [-0.39, 0.29) is 44.2 Å². The quantitative estimate of drug-likeness (QED) is 0.114. The average Bonchev–Trinajstić information content (AvgIpc) is 2.88. The number of aliphatic hydroxyl groups excluding tert-OH is 1. The lowest BCUT2D eigenvalue weighted by Gasteiger charge is -2.25. The van der Waals surface area contributed by atoms with Crippen molar-refractivity contribution in [3.63, 3.8) is 0 Å². The van der Waals surface area contributed by atoms with E-state index in [0.717, 1.165) is 0 Å². The predicted molar refractivity (Wildman–Crippen MR) is 135 cm³/mol.